The Morgan fingerprint density at radius 1 is 1.03 bits per heavy atom. The molecule has 0 radical (unpaired) electrons. The Kier molecular flexibility index (Phi) is 13.9. The van der Waals surface area contributed by atoms with Gasteiger partial charge in [0.1, 0.15) is 11.8 Å². The van der Waals surface area contributed by atoms with Gasteiger partial charge in [-0.2, -0.15) is 0 Å². The average Bonchev–Trinajstić information content (AvgIpc) is 2.87. The van der Waals surface area contributed by atoms with Gasteiger partial charge in [0.15, 0.2) is 5.11 Å². The molecule has 2 N–H and O–H groups in total. The topological polar surface area (TPSA) is 97.0 Å². The summed E-state index contributed by atoms with van der Waals surface area (Å²) >= 11 is 5.46. The van der Waals surface area contributed by atoms with Crippen LogP contribution in [0.3, 0.4) is 0 Å². The van der Waals surface area contributed by atoms with Gasteiger partial charge in [-0.1, -0.05) is 70.9 Å². The first-order valence-electron chi connectivity index (χ1n) is 13.2. The molecule has 1 heterocycles. The summed E-state index contributed by atoms with van der Waals surface area (Å²) in [6, 6.07) is 6.10. The number of nitrogens with one attached hydrogen (secondary N) is 2. The van der Waals surface area contributed by atoms with Crippen molar-refractivity contribution in [1.29, 1.82) is 0 Å². The second kappa shape index (κ2) is 16.9. The smallest absolute Gasteiger partial charge is 0.308 e. The zero-order chi connectivity index (χ0) is 26.2. The Bertz CT molecular complexity index is 864. The van der Waals surface area contributed by atoms with Gasteiger partial charge in [-0.25, -0.2) is 0 Å². The highest BCUT2D eigenvalue weighted by Crippen LogP contribution is 2.19. The average molecular weight is 520 g/mol. The minimum Gasteiger partial charge on any atom is -0.493 e. The maximum atomic E-state index is 12.9. The Hall–Kier alpha value is -2.68. The summed E-state index contributed by atoms with van der Waals surface area (Å²) in [5, 5.41) is 5.56. The minimum absolute atomic E-state index is 0.0982. The van der Waals surface area contributed by atoms with Crippen molar-refractivity contribution in [2.75, 3.05) is 26.3 Å². The number of hydrogen-bond acceptors (Lipinski definition) is 6. The number of piperazine rings is 1. The van der Waals surface area contributed by atoms with Crippen molar-refractivity contribution in [3.05, 3.63) is 29.8 Å². The van der Waals surface area contributed by atoms with Crippen molar-refractivity contribution in [2.45, 2.75) is 84.1 Å². The van der Waals surface area contributed by atoms with Crippen molar-refractivity contribution in [3.63, 3.8) is 0 Å². The first-order valence-corrected chi connectivity index (χ1v) is 13.7. The molecule has 1 fully saturated rings. The Morgan fingerprint density at radius 3 is 2.44 bits per heavy atom. The third-order valence-corrected chi connectivity index (χ3v) is 6.36. The van der Waals surface area contributed by atoms with Crippen LogP contribution >= 0.6 is 12.2 Å². The Labute approximate surface area is 220 Å². The maximum absolute atomic E-state index is 12.9. The lowest BCUT2D eigenvalue weighted by Crippen LogP contribution is -2.60. The molecule has 0 bridgehead atoms. The fourth-order valence-corrected chi connectivity index (χ4v) is 4.34. The lowest BCUT2D eigenvalue weighted by Gasteiger charge is -2.36. The molecule has 2 rings (SSSR count). The zero-order valence-corrected chi connectivity index (χ0v) is 22.5. The van der Waals surface area contributed by atoms with Crippen LogP contribution in [0.1, 0.15) is 88.4 Å². The first-order chi connectivity index (χ1) is 17.5. The van der Waals surface area contributed by atoms with E-state index in [9.17, 15) is 14.4 Å². The van der Waals surface area contributed by atoms with E-state index in [0.717, 1.165) is 25.7 Å². The number of nitrogens with zero attached hydrogens (tertiary/aromatic N) is 1. The second-order valence-electron chi connectivity index (χ2n) is 9.00. The Morgan fingerprint density at radius 2 is 1.72 bits per heavy atom. The number of carbonyl (C=O) groups is 3. The van der Waals surface area contributed by atoms with Crippen LogP contribution in [-0.4, -0.2) is 60.1 Å². The van der Waals surface area contributed by atoms with Gasteiger partial charge in [-0.3, -0.25) is 19.7 Å². The summed E-state index contributed by atoms with van der Waals surface area (Å²) in [4.78, 5) is 39.5. The SMILES string of the molecule is CCCCCCCCCCOC(=O)CC1C(=O)NCCN1C(=S)NC(=O)c1ccccc1OCCC. The zero-order valence-electron chi connectivity index (χ0n) is 21.7. The molecule has 36 heavy (non-hydrogen) atoms. The van der Waals surface area contributed by atoms with Gasteiger partial charge in [-0.15, -0.1) is 0 Å². The molecule has 0 spiro atoms. The van der Waals surface area contributed by atoms with Crippen LogP contribution in [0.5, 0.6) is 5.75 Å². The van der Waals surface area contributed by atoms with Gasteiger partial charge in [0.2, 0.25) is 5.91 Å². The van der Waals surface area contributed by atoms with Gasteiger partial charge >= 0.3 is 5.97 Å². The predicted molar refractivity (Wildman–Crippen MR) is 144 cm³/mol. The number of rotatable bonds is 15. The molecule has 1 aromatic carbocycles. The quantitative estimate of drug-likeness (QED) is 0.202. The van der Waals surface area contributed by atoms with E-state index >= 15 is 0 Å². The van der Waals surface area contributed by atoms with Crippen LogP contribution < -0.4 is 15.4 Å². The van der Waals surface area contributed by atoms with E-state index in [-0.39, 0.29) is 17.4 Å². The monoisotopic (exact) mass is 519 g/mol. The number of thiocarbonyl (C=S) groups is 1. The van der Waals surface area contributed by atoms with E-state index in [0.29, 0.717) is 37.6 Å². The van der Waals surface area contributed by atoms with Crippen molar-refractivity contribution in [3.8, 4) is 5.75 Å². The third-order valence-electron chi connectivity index (χ3n) is 6.03. The van der Waals surface area contributed by atoms with Crippen LogP contribution in [0.15, 0.2) is 24.3 Å². The largest absolute Gasteiger partial charge is 0.493 e. The minimum atomic E-state index is -0.829. The molecule has 1 aromatic rings. The Balaban J connectivity index is 1.84. The number of amides is 2. The number of carbonyl (C=O) groups excluding carboxylic acids is 3. The summed E-state index contributed by atoms with van der Waals surface area (Å²) < 4.78 is 11.0. The number of ether oxygens (including phenoxy) is 2. The van der Waals surface area contributed by atoms with Crippen LogP contribution in [0.25, 0.3) is 0 Å². The molecule has 0 saturated carbocycles. The maximum Gasteiger partial charge on any atom is 0.308 e. The highest BCUT2D eigenvalue weighted by Gasteiger charge is 2.34. The van der Waals surface area contributed by atoms with Gasteiger partial charge in [0.25, 0.3) is 5.91 Å². The predicted octanol–water partition coefficient (Wildman–Crippen LogP) is 4.36. The van der Waals surface area contributed by atoms with Gasteiger partial charge in [0.05, 0.1) is 25.2 Å². The van der Waals surface area contributed by atoms with Crippen molar-refractivity contribution >= 4 is 35.1 Å². The molecule has 1 saturated heterocycles. The van der Waals surface area contributed by atoms with Gasteiger partial charge < -0.3 is 19.7 Å². The van der Waals surface area contributed by atoms with Crippen LogP contribution in [-0.2, 0) is 14.3 Å². The van der Waals surface area contributed by atoms with Crippen molar-refractivity contribution in [1.82, 2.24) is 15.5 Å². The van der Waals surface area contributed by atoms with Crippen molar-refractivity contribution in [2.24, 2.45) is 0 Å². The molecule has 9 heteroatoms. The summed E-state index contributed by atoms with van der Waals surface area (Å²) in [6.45, 7) is 5.78. The number of benzene rings is 1. The normalized spacial score (nSPS) is 15.2. The lowest BCUT2D eigenvalue weighted by atomic mass is 10.1. The van der Waals surface area contributed by atoms with Crippen LogP contribution in [0.2, 0.25) is 0 Å². The van der Waals surface area contributed by atoms with Crippen molar-refractivity contribution < 1.29 is 23.9 Å². The van der Waals surface area contributed by atoms with Gasteiger partial charge in [-0.05, 0) is 37.2 Å². The highest BCUT2D eigenvalue weighted by atomic mass is 32.1. The molecule has 1 aliphatic heterocycles. The fourth-order valence-electron chi connectivity index (χ4n) is 4.03. The fraction of sp³-hybridized carbons (Fsp3) is 0.630. The standard InChI is InChI=1S/C27H41N3O5S/c1-3-5-6-7-8-9-10-13-19-35-24(31)20-22-26(33)28-16-17-30(22)27(36)29-25(32)21-14-11-12-15-23(21)34-18-4-2/h11-12,14-15,22H,3-10,13,16-20H2,1-2H3,(H,28,33)(H,29,32,36). The number of unbranched alkanes of at least 4 members (excludes halogenated alkanes) is 7. The van der Waals surface area contributed by atoms with E-state index in [1.54, 1.807) is 29.2 Å². The molecule has 0 aromatic heterocycles. The number of esters is 1. The number of hydrogen-bond donors (Lipinski definition) is 2. The summed E-state index contributed by atoms with van der Waals surface area (Å²) in [6.07, 6.45) is 9.94. The second-order valence-corrected chi connectivity index (χ2v) is 9.39. The van der Waals surface area contributed by atoms with E-state index in [2.05, 4.69) is 17.6 Å². The molecule has 200 valence electrons. The molecule has 1 aliphatic rings. The summed E-state index contributed by atoms with van der Waals surface area (Å²) in [5.41, 5.74) is 0.357. The highest BCUT2D eigenvalue weighted by molar-refractivity contribution is 7.80. The van der Waals surface area contributed by atoms with E-state index < -0.39 is 17.9 Å². The molecule has 1 unspecified atom stereocenters. The molecule has 2 amide bonds. The molecular weight excluding hydrogens is 478 g/mol. The lowest BCUT2D eigenvalue weighted by molar-refractivity contribution is -0.147. The van der Waals surface area contributed by atoms with E-state index in [1.165, 1.54) is 32.1 Å². The third kappa shape index (κ3) is 10.1. The summed E-state index contributed by atoms with van der Waals surface area (Å²) in [5.74, 6) is -0.711. The van der Waals surface area contributed by atoms with E-state index in [4.69, 9.17) is 21.7 Å². The molecular formula is C27H41N3O5S. The van der Waals surface area contributed by atoms with E-state index in [1.807, 2.05) is 6.92 Å². The molecule has 8 nitrogen and oxygen atoms in total. The first kappa shape index (κ1) is 29.5. The summed E-state index contributed by atoms with van der Waals surface area (Å²) in [7, 11) is 0. The molecule has 1 atom stereocenters. The number of para-hydroxylation sites is 1. The van der Waals surface area contributed by atoms with Gasteiger partial charge in [0, 0.05) is 13.1 Å². The van der Waals surface area contributed by atoms with Crippen LogP contribution in [0.4, 0.5) is 0 Å². The van der Waals surface area contributed by atoms with Crippen LogP contribution in [0, 0.1) is 0 Å². The molecule has 0 aliphatic carbocycles.